The van der Waals surface area contributed by atoms with Gasteiger partial charge in [-0.25, -0.2) is 4.79 Å². The van der Waals surface area contributed by atoms with Gasteiger partial charge in [-0.3, -0.25) is 0 Å². The smallest absolute Gasteiger partial charge is 0.321 e. The van der Waals surface area contributed by atoms with E-state index >= 15 is 0 Å². The summed E-state index contributed by atoms with van der Waals surface area (Å²) in [5.74, 6) is 1.64. The highest BCUT2D eigenvalue weighted by Gasteiger charge is 2.22. The molecule has 0 saturated carbocycles. The number of anilines is 2. The largest absolute Gasteiger partial charge is 0.360 e. The van der Waals surface area contributed by atoms with Crippen LogP contribution in [0.5, 0.6) is 0 Å². The quantitative estimate of drug-likeness (QED) is 0.920. The number of amides is 2. The van der Waals surface area contributed by atoms with E-state index in [4.69, 9.17) is 4.52 Å². The van der Waals surface area contributed by atoms with Crippen molar-refractivity contribution >= 4 is 17.5 Å². The molecule has 0 aliphatic carbocycles. The normalized spacial score (nSPS) is 15.1. The molecule has 1 fully saturated rings. The highest BCUT2D eigenvalue weighted by Crippen LogP contribution is 2.16. The number of hydrogen-bond acceptors (Lipinski definition) is 4. The second-order valence-electron chi connectivity index (χ2n) is 5.07. The average Bonchev–Trinajstić information content (AvgIpc) is 2.95. The van der Waals surface area contributed by atoms with E-state index in [1.807, 2.05) is 48.2 Å². The van der Waals surface area contributed by atoms with Crippen LogP contribution in [0.2, 0.25) is 0 Å². The summed E-state index contributed by atoms with van der Waals surface area (Å²) in [5, 5.41) is 6.91. The molecule has 1 aromatic carbocycles. The number of nitrogens with one attached hydrogen (secondary N) is 1. The number of carbonyl (C=O) groups is 1. The first-order chi connectivity index (χ1) is 10.2. The summed E-state index contributed by atoms with van der Waals surface area (Å²) < 4.78 is 5.09. The minimum atomic E-state index is -0.0582. The molecule has 2 amide bonds. The number of nitrogens with zero attached hydrogens (tertiary/aromatic N) is 3. The third-order valence-corrected chi connectivity index (χ3v) is 3.53. The summed E-state index contributed by atoms with van der Waals surface area (Å²) in [7, 11) is 0. The topological polar surface area (TPSA) is 61.6 Å². The van der Waals surface area contributed by atoms with Crippen molar-refractivity contribution in [2.45, 2.75) is 6.92 Å². The third-order valence-electron chi connectivity index (χ3n) is 3.53. The van der Waals surface area contributed by atoms with Gasteiger partial charge in [-0.2, -0.15) is 0 Å². The lowest BCUT2D eigenvalue weighted by Gasteiger charge is -2.34. The molecular weight excluding hydrogens is 268 g/mol. The van der Waals surface area contributed by atoms with Gasteiger partial charge >= 0.3 is 6.03 Å². The molecule has 0 radical (unpaired) electrons. The van der Waals surface area contributed by atoms with Crippen LogP contribution in [0.25, 0.3) is 0 Å². The Morgan fingerprint density at radius 1 is 1.19 bits per heavy atom. The maximum atomic E-state index is 12.2. The van der Waals surface area contributed by atoms with Crippen LogP contribution in [0, 0.1) is 6.92 Å². The average molecular weight is 286 g/mol. The molecule has 1 N–H and O–H groups in total. The Labute approximate surface area is 123 Å². The first-order valence-electron chi connectivity index (χ1n) is 7.01. The molecule has 1 aromatic heterocycles. The van der Waals surface area contributed by atoms with Crippen LogP contribution in [-0.4, -0.2) is 42.3 Å². The third kappa shape index (κ3) is 3.16. The fourth-order valence-electron chi connectivity index (χ4n) is 2.36. The first-order valence-corrected chi connectivity index (χ1v) is 7.01. The van der Waals surface area contributed by atoms with Crippen molar-refractivity contribution in [1.29, 1.82) is 0 Å². The van der Waals surface area contributed by atoms with E-state index in [0.717, 1.165) is 30.4 Å². The Bertz CT molecular complexity index is 603. The molecule has 6 heteroatoms. The Balaban J connectivity index is 1.54. The van der Waals surface area contributed by atoms with Crippen LogP contribution in [0.15, 0.2) is 40.9 Å². The van der Waals surface area contributed by atoms with Crippen LogP contribution in [-0.2, 0) is 0 Å². The van der Waals surface area contributed by atoms with Crippen LogP contribution in [0.1, 0.15) is 5.76 Å². The van der Waals surface area contributed by atoms with E-state index in [0.29, 0.717) is 13.1 Å². The molecule has 21 heavy (non-hydrogen) atoms. The summed E-state index contributed by atoms with van der Waals surface area (Å²) in [6.07, 6.45) is 0. The number of aromatic nitrogens is 1. The van der Waals surface area contributed by atoms with E-state index < -0.39 is 0 Å². The van der Waals surface area contributed by atoms with Crippen molar-refractivity contribution in [2.24, 2.45) is 0 Å². The standard InChI is InChI=1S/C15H18N4O2/c1-12-11-14(17-21-12)18-7-9-19(10-8-18)15(20)16-13-5-3-2-4-6-13/h2-6,11H,7-10H2,1H3,(H,16,20). The maximum absolute atomic E-state index is 12.2. The molecule has 0 bridgehead atoms. The summed E-state index contributed by atoms with van der Waals surface area (Å²) in [5.41, 5.74) is 0.817. The Morgan fingerprint density at radius 3 is 2.52 bits per heavy atom. The van der Waals surface area contributed by atoms with Gasteiger partial charge in [0.15, 0.2) is 5.82 Å². The van der Waals surface area contributed by atoms with E-state index in [1.165, 1.54) is 0 Å². The van der Waals surface area contributed by atoms with Crippen molar-refractivity contribution in [1.82, 2.24) is 10.1 Å². The highest BCUT2D eigenvalue weighted by atomic mass is 16.5. The van der Waals surface area contributed by atoms with Crippen molar-refractivity contribution in [3.05, 3.63) is 42.2 Å². The molecule has 0 unspecified atom stereocenters. The highest BCUT2D eigenvalue weighted by molar-refractivity contribution is 5.89. The van der Waals surface area contributed by atoms with Gasteiger partial charge in [0, 0.05) is 37.9 Å². The zero-order chi connectivity index (χ0) is 14.7. The van der Waals surface area contributed by atoms with Crippen molar-refractivity contribution in [3.63, 3.8) is 0 Å². The molecule has 110 valence electrons. The van der Waals surface area contributed by atoms with E-state index in [2.05, 4.69) is 15.4 Å². The van der Waals surface area contributed by atoms with E-state index in [1.54, 1.807) is 0 Å². The molecule has 1 aliphatic rings. The Hall–Kier alpha value is -2.50. The lowest BCUT2D eigenvalue weighted by Crippen LogP contribution is -2.50. The summed E-state index contributed by atoms with van der Waals surface area (Å²) in [6.45, 7) is 4.73. The molecule has 0 spiro atoms. The summed E-state index contributed by atoms with van der Waals surface area (Å²) in [4.78, 5) is 16.1. The maximum Gasteiger partial charge on any atom is 0.321 e. The Kier molecular flexibility index (Phi) is 3.77. The number of rotatable bonds is 2. The zero-order valence-electron chi connectivity index (χ0n) is 12.0. The monoisotopic (exact) mass is 286 g/mol. The molecule has 2 heterocycles. The first kappa shape index (κ1) is 13.5. The fraction of sp³-hybridized carbons (Fsp3) is 0.333. The molecule has 2 aromatic rings. The van der Waals surface area contributed by atoms with Gasteiger partial charge in [-0.1, -0.05) is 23.4 Å². The summed E-state index contributed by atoms with van der Waals surface area (Å²) >= 11 is 0. The number of aryl methyl sites for hydroxylation is 1. The number of carbonyl (C=O) groups excluding carboxylic acids is 1. The predicted molar refractivity (Wildman–Crippen MR) is 80.5 cm³/mol. The van der Waals surface area contributed by atoms with Gasteiger partial charge in [0.05, 0.1) is 0 Å². The number of benzene rings is 1. The predicted octanol–water partition coefficient (Wildman–Crippen LogP) is 2.34. The molecule has 3 rings (SSSR count). The fourth-order valence-corrected chi connectivity index (χ4v) is 2.36. The van der Waals surface area contributed by atoms with Gasteiger partial charge in [0.2, 0.25) is 0 Å². The van der Waals surface area contributed by atoms with Gasteiger partial charge in [-0.15, -0.1) is 0 Å². The number of para-hydroxylation sites is 1. The molecule has 1 saturated heterocycles. The van der Waals surface area contributed by atoms with Crippen LogP contribution in [0.3, 0.4) is 0 Å². The van der Waals surface area contributed by atoms with Gasteiger partial charge in [-0.05, 0) is 19.1 Å². The van der Waals surface area contributed by atoms with E-state index in [-0.39, 0.29) is 6.03 Å². The van der Waals surface area contributed by atoms with Crippen molar-refractivity contribution < 1.29 is 9.32 Å². The molecule has 6 nitrogen and oxygen atoms in total. The zero-order valence-corrected chi connectivity index (χ0v) is 12.0. The summed E-state index contributed by atoms with van der Waals surface area (Å²) in [6, 6.07) is 11.4. The van der Waals surface area contributed by atoms with Crippen LogP contribution >= 0.6 is 0 Å². The van der Waals surface area contributed by atoms with Crippen molar-refractivity contribution in [2.75, 3.05) is 36.4 Å². The van der Waals surface area contributed by atoms with Crippen LogP contribution in [0.4, 0.5) is 16.3 Å². The van der Waals surface area contributed by atoms with Crippen LogP contribution < -0.4 is 10.2 Å². The minimum absolute atomic E-state index is 0.0582. The lowest BCUT2D eigenvalue weighted by molar-refractivity contribution is 0.208. The second-order valence-corrected chi connectivity index (χ2v) is 5.07. The SMILES string of the molecule is Cc1cc(N2CCN(C(=O)Nc3ccccc3)CC2)no1. The molecule has 1 aliphatic heterocycles. The molecule has 0 atom stereocenters. The van der Waals surface area contributed by atoms with Gasteiger partial charge in [0.25, 0.3) is 0 Å². The number of hydrogen-bond donors (Lipinski definition) is 1. The van der Waals surface area contributed by atoms with E-state index in [9.17, 15) is 4.79 Å². The number of urea groups is 1. The number of piperazine rings is 1. The molecular formula is C15H18N4O2. The Morgan fingerprint density at radius 2 is 1.90 bits per heavy atom. The van der Waals surface area contributed by atoms with Crippen molar-refractivity contribution in [3.8, 4) is 0 Å². The lowest BCUT2D eigenvalue weighted by atomic mass is 10.3. The van der Waals surface area contributed by atoms with Gasteiger partial charge in [0.1, 0.15) is 5.76 Å². The second kappa shape index (κ2) is 5.87. The minimum Gasteiger partial charge on any atom is -0.360 e. The van der Waals surface area contributed by atoms with Gasteiger partial charge < -0.3 is 19.6 Å².